The standard InChI is InChI=1S/C22H13F4N3O/c23-16-5-1-13(2-6-16)18-8-3-14-11-15(4-9-19(14)29-18)21(30)28-17-7-10-20(27-12-17)22(24,25)26/h1-12H,(H,28,30). The van der Waals surface area contributed by atoms with Gasteiger partial charge in [-0.15, -0.1) is 0 Å². The first-order chi connectivity index (χ1) is 14.3. The molecule has 150 valence electrons. The third-order valence-electron chi connectivity index (χ3n) is 4.40. The third kappa shape index (κ3) is 4.12. The van der Waals surface area contributed by atoms with E-state index in [0.29, 0.717) is 22.2 Å². The molecule has 4 rings (SSSR count). The summed E-state index contributed by atoms with van der Waals surface area (Å²) in [6.07, 6.45) is -3.58. The summed E-state index contributed by atoms with van der Waals surface area (Å²) in [7, 11) is 0. The number of carbonyl (C=O) groups is 1. The molecule has 0 fully saturated rings. The Morgan fingerprint density at radius 2 is 1.67 bits per heavy atom. The first-order valence-electron chi connectivity index (χ1n) is 8.81. The third-order valence-corrected chi connectivity index (χ3v) is 4.40. The molecule has 2 heterocycles. The summed E-state index contributed by atoms with van der Waals surface area (Å²) in [5, 5.41) is 3.23. The van der Waals surface area contributed by atoms with Crippen LogP contribution in [0.15, 0.2) is 72.9 Å². The van der Waals surface area contributed by atoms with Crippen LogP contribution in [0.1, 0.15) is 16.1 Å². The van der Waals surface area contributed by atoms with Crippen LogP contribution in [0.3, 0.4) is 0 Å². The van der Waals surface area contributed by atoms with Crippen molar-refractivity contribution in [2.24, 2.45) is 0 Å². The molecule has 0 spiro atoms. The van der Waals surface area contributed by atoms with Crippen molar-refractivity contribution < 1.29 is 22.4 Å². The van der Waals surface area contributed by atoms with Crippen LogP contribution >= 0.6 is 0 Å². The fourth-order valence-electron chi connectivity index (χ4n) is 2.89. The first-order valence-corrected chi connectivity index (χ1v) is 8.81. The topological polar surface area (TPSA) is 54.9 Å². The molecule has 0 radical (unpaired) electrons. The fraction of sp³-hybridized carbons (Fsp3) is 0.0455. The quantitative estimate of drug-likeness (QED) is 0.440. The first kappa shape index (κ1) is 19.5. The van der Waals surface area contributed by atoms with Crippen molar-refractivity contribution in [3.8, 4) is 11.3 Å². The van der Waals surface area contributed by atoms with Crippen molar-refractivity contribution in [1.82, 2.24) is 9.97 Å². The zero-order valence-electron chi connectivity index (χ0n) is 15.2. The van der Waals surface area contributed by atoms with E-state index in [2.05, 4.69) is 15.3 Å². The van der Waals surface area contributed by atoms with Gasteiger partial charge in [0.05, 0.1) is 23.1 Å². The van der Waals surface area contributed by atoms with Crippen LogP contribution in [-0.4, -0.2) is 15.9 Å². The Kier molecular flexibility index (Phi) is 4.91. The molecule has 8 heteroatoms. The van der Waals surface area contributed by atoms with Crippen LogP contribution < -0.4 is 5.32 Å². The van der Waals surface area contributed by atoms with Gasteiger partial charge < -0.3 is 5.32 Å². The number of hydrogen-bond acceptors (Lipinski definition) is 3. The van der Waals surface area contributed by atoms with Gasteiger partial charge in [0, 0.05) is 16.5 Å². The second-order valence-electron chi connectivity index (χ2n) is 6.49. The molecule has 0 unspecified atom stereocenters. The number of alkyl halides is 3. The number of nitrogens with zero attached hydrogens (tertiary/aromatic N) is 2. The minimum absolute atomic E-state index is 0.151. The zero-order chi connectivity index (χ0) is 21.3. The molecule has 2 aromatic carbocycles. The van der Waals surface area contributed by atoms with Crippen LogP contribution in [0.2, 0.25) is 0 Å². The number of amides is 1. The van der Waals surface area contributed by atoms with Crippen molar-refractivity contribution in [2.75, 3.05) is 5.32 Å². The average Bonchev–Trinajstić information content (AvgIpc) is 2.73. The highest BCUT2D eigenvalue weighted by Gasteiger charge is 2.32. The van der Waals surface area contributed by atoms with Crippen LogP contribution in [0, 0.1) is 5.82 Å². The monoisotopic (exact) mass is 411 g/mol. The number of nitrogens with one attached hydrogen (secondary N) is 1. The molecule has 2 aromatic heterocycles. The molecule has 4 nitrogen and oxygen atoms in total. The van der Waals surface area contributed by atoms with Gasteiger partial charge in [-0.2, -0.15) is 13.2 Å². The predicted octanol–water partition coefficient (Wildman–Crippen LogP) is 5.71. The summed E-state index contributed by atoms with van der Waals surface area (Å²) in [5.74, 6) is -0.820. The second kappa shape index (κ2) is 7.55. The Balaban J connectivity index is 1.55. The summed E-state index contributed by atoms with van der Waals surface area (Å²) >= 11 is 0. The van der Waals surface area contributed by atoms with Gasteiger partial charge >= 0.3 is 6.18 Å². The highest BCUT2D eigenvalue weighted by atomic mass is 19.4. The zero-order valence-corrected chi connectivity index (χ0v) is 15.2. The molecular weight excluding hydrogens is 398 g/mol. The number of anilines is 1. The van der Waals surface area contributed by atoms with E-state index in [1.807, 2.05) is 0 Å². The van der Waals surface area contributed by atoms with E-state index < -0.39 is 17.8 Å². The molecule has 0 atom stereocenters. The van der Waals surface area contributed by atoms with Gasteiger partial charge in [0.1, 0.15) is 11.5 Å². The summed E-state index contributed by atoms with van der Waals surface area (Å²) < 4.78 is 50.8. The molecule has 0 bridgehead atoms. The van der Waals surface area contributed by atoms with Crippen LogP contribution in [0.4, 0.5) is 23.2 Å². The molecule has 1 N–H and O–H groups in total. The number of pyridine rings is 2. The lowest BCUT2D eigenvalue weighted by Crippen LogP contribution is -2.13. The van der Waals surface area contributed by atoms with Gasteiger partial charge in [-0.1, -0.05) is 6.07 Å². The summed E-state index contributed by atoms with van der Waals surface area (Å²) in [6.45, 7) is 0. The van der Waals surface area contributed by atoms with Gasteiger partial charge in [-0.05, 0) is 60.7 Å². The number of aromatic nitrogens is 2. The van der Waals surface area contributed by atoms with E-state index >= 15 is 0 Å². The summed E-state index contributed by atoms with van der Waals surface area (Å²) in [5.41, 5.74) is 1.50. The molecule has 0 saturated carbocycles. The van der Waals surface area contributed by atoms with E-state index in [1.165, 1.54) is 12.1 Å². The van der Waals surface area contributed by atoms with Gasteiger partial charge in [0.25, 0.3) is 5.91 Å². The fourth-order valence-corrected chi connectivity index (χ4v) is 2.89. The number of halogens is 4. The van der Waals surface area contributed by atoms with Crippen molar-refractivity contribution in [3.63, 3.8) is 0 Å². The Hall–Kier alpha value is -3.81. The highest BCUT2D eigenvalue weighted by molar-refractivity contribution is 6.06. The van der Waals surface area contributed by atoms with Gasteiger partial charge in [0.15, 0.2) is 0 Å². The number of fused-ring (bicyclic) bond motifs is 1. The highest BCUT2D eigenvalue weighted by Crippen LogP contribution is 2.28. The van der Waals surface area contributed by atoms with E-state index in [4.69, 9.17) is 0 Å². The number of hydrogen-bond donors (Lipinski definition) is 1. The SMILES string of the molecule is O=C(Nc1ccc(C(F)(F)F)nc1)c1ccc2nc(-c3ccc(F)cc3)ccc2c1. The van der Waals surface area contributed by atoms with E-state index in [0.717, 1.165) is 23.9 Å². The van der Waals surface area contributed by atoms with E-state index in [9.17, 15) is 22.4 Å². The maximum atomic E-state index is 13.1. The molecule has 0 aliphatic rings. The van der Waals surface area contributed by atoms with Crippen LogP contribution in [-0.2, 0) is 6.18 Å². The van der Waals surface area contributed by atoms with Crippen LogP contribution in [0.5, 0.6) is 0 Å². The van der Waals surface area contributed by atoms with Gasteiger partial charge in [0.2, 0.25) is 0 Å². The maximum Gasteiger partial charge on any atom is 0.433 e. The Labute approximate surface area is 168 Å². The Morgan fingerprint density at radius 1 is 0.900 bits per heavy atom. The minimum Gasteiger partial charge on any atom is -0.321 e. The van der Waals surface area contributed by atoms with Crippen molar-refractivity contribution >= 4 is 22.5 Å². The van der Waals surface area contributed by atoms with Gasteiger partial charge in [-0.25, -0.2) is 14.4 Å². The Bertz CT molecular complexity index is 1220. The van der Waals surface area contributed by atoms with E-state index in [-0.39, 0.29) is 11.5 Å². The smallest absolute Gasteiger partial charge is 0.321 e. The minimum atomic E-state index is -4.54. The number of carbonyl (C=O) groups excluding carboxylic acids is 1. The lowest BCUT2D eigenvalue weighted by atomic mass is 10.1. The van der Waals surface area contributed by atoms with Gasteiger partial charge in [-0.3, -0.25) is 4.79 Å². The molecule has 1 amide bonds. The predicted molar refractivity (Wildman–Crippen MR) is 104 cm³/mol. The lowest BCUT2D eigenvalue weighted by molar-refractivity contribution is -0.141. The Morgan fingerprint density at radius 3 is 2.33 bits per heavy atom. The number of rotatable bonds is 3. The largest absolute Gasteiger partial charge is 0.433 e. The normalized spacial score (nSPS) is 11.5. The molecule has 4 aromatic rings. The number of benzene rings is 2. The summed E-state index contributed by atoms with van der Waals surface area (Å²) in [4.78, 5) is 20.3. The average molecular weight is 411 g/mol. The molecule has 30 heavy (non-hydrogen) atoms. The second-order valence-corrected chi connectivity index (χ2v) is 6.49. The molecular formula is C22H13F4N3O. The molecule has 0 saturated heterocycles. The maximum absolute atomic E-state index is 13.1. The van der Waals surface area contributed by atoms with E-state index in [1.54, 1.807) is 42.5 Å². The lowest BCUT2D eigenvalue weighted by Gasteiger charge is -2.09. The van der Waals surface area contributed by atoms with Crippen LogP contribution in [0.25, 0.3) is 22.2 Å². The molecule has 0 aliphatic carbocycles. The van der Waals surface area contributed by atoms with Crippen molar-refractivity contribution in [1.29, 1.82) is 0 Å². The van der Waals surface area contributed by atoms with Crippen molar-refractivity contribution in [3.05, 3.63) is 90.0 Å². The molecule has 0 aliphatic heterocycles. The summed E-state index contributed by atoms with van der Waals surface area (Å²) in [6, 6.07) is 16.3. The van der Waals surface area contributed by atoms with Crippen molar-refractivity contribution in [2.45, 2.75) is 6.18 Å².